The second kappa shape index (κ2) is 8.57. The molecule has 0 bridgehead atoms. The summed E-state index contributed by atoms with van der Waals surface area (Å²) in [6, 6.07) is 18.5. The molecule has 5 rings (SSSR count). The van der Waals surface area contributed by atoms with Crippen LogP contribution in [0.3, 0.4) is 0 Å². The lowest BCUT2D eigenvalue weighted by molar-refractivity contribution is 0.496. The molecule has 0 amide bonds. The molecule has 0 spiro atoms. The lowest BCUT2D eigenvalue weighted by atomic mass is 9.99. The Labute approximate surface area is 190 Å². The fraction of sp³-hybridized carbons (Fsp3) is 0.192. The molecule has 0 saturated carbocycles. The average Bonchev–Trinajstić information content (AvgIpc) is 2.84. The standard InChI is InChI=1S/C26H21F2N5/c27-22-4-2-1-3-20(22)16-7-8-24-21(13-16)25(17-5-6-18(15-29)23(28)14-17)32-26(31-24)33-11-9-19(30)10-12-33/h1-8,13-14,19H,9-12,30H2. The van der Waals surface area contributed by atoms with Gasteiger partial charge in [0, 0.05) is 35.6 Å². The lowest BCUT2D eigenvalue weighted by Gasteiger charge is -2.30. The minimum Gasteiger partial charge on any atom is -0.341 e. The first kappa shape index (κ1) is 21.0. The molecule has 0 atom stereocenters. The van der Waals surface area contributed by atoms with Gasteiger partial charge < -0.3 is 10.6 Å². The highest BCUT2D eigenvalue weighted by Crippen LogP contribution is 2.33. The molecular formula is C26H21F2N5. The molecule has 2 heterocycles. The van der Waals surface area contributed by atoms with Crippen LogP contribution in [-0.2, 0) is 0 Å². The molecule has 0 unspecified atom stereocenters. The van der Waals surface area contributed by atoms with Gasteiger partial charge in [-0.1, -0.05) is 30.3 Å². The summed E-state index contributed by atoms with van der Waals surface area (Å²) in [4.78, 5) is 11.6. The van der Waals surface area contributed by atoms with Gasteiger partial charge in [0.25, 0.3) is 0 Å². The summed E-state index contributed by atoms with van der Waals surface area (Å²) in [5.41, 5.74) is 8.89. The Morgan fingerprint density at radius 3 is 2.39 bits per heavy atom. The largest absolute Gasteiger partial charge is 0.341 e. The first-order valence-corrected chi connectivity index (χ1v) is 10.8. The first-order valence-electron chi connectivity index (χ1n) is 10.8. The maximum atomic E-state index is 14.5. The maximum Gasteiger partial charge on any atom is 0.226 e. The molecule has 1 aliphatic rings. The fourth-order valence-corrected chi connectivity index (χ4v) is 4.19. The summed E-state index contributed by atoms with van der Waals surface area (Å²) in [6.45, 7) is 1.47. The zero-order valence-electron chi connectivity index (χ0n) is 17.8. The number of anilines is 1. The van der Waals surface area contributed by atoms with Crippen molar-refractivity contribution in [3.63, 3.8) is 0 Å². The molecule has 4 aromatic rings. The van der Waals surface area contributed by atoms with Gasteiger partial charge in [-0.2, -0.15) is 5.26 Å². The van der Waals surface area contributed by atoms with E-state index in [1.807, 2.05) is 24.3 Å². The van der Waals surface area contributed by atoms with E-state index < -0.39 is 5.82 Å². The van der Waals surface area contributed by atoms with Crippen LogP contribution in [-0.4, -0.2) is 29.1 Å². The molecule has 0 aliphatic carbocycles. The predicted molar refractivity (Wildman–Crippen MR) is 124 cm³/mol. The molecular weight excluding hydrogens is 420 g/mol. The number of nitrogens with two attached hydrogens (primary N) is 1. The third-order valence-electron chi connectivity index (χ3n) is 6.05. The Morgan fingerprint density at radius 2 is 1.67 bits per heavy atom. The van der Waals surface area contributed by atoms with Crippen LogP contribution in [0.4, 0.5) is 14.7 Å². The zero-order chi connectivity index (χ0) is 22.9. The van der Waals surface area contributed by atoms with Crippen LogP contribution < -0.4 is 10.6 Å². The number of fused-ring (bicyclic) bond motifs is 1. The van der Waals surface area contributed by atoms with E-state index in [0.717, 1.165) is 25.9 Å². The Bertz CT molecular complexity index is 1390. The smallest absolute Gasteiger partial charge is 0.226 e. The van der Waals surface area contributed by atoms with E-state index in [9.17, 15) is 8.78 Å². The van der Waals surface area contributed by atoms with E-state index in [1.165, 1.54) is 18.2 Å². The van der Waals surface area contributed by atoms with Crippen molar-refractivity contribution in [2.75, 3.05) is 18.0 Å². The van der Waals surface area contributed by atoms with E-state index in [1.54, 1.807) is 24.3 Å². The second-order valence-corrected chi connectivity index (χ2v) is 8.21. The predicted octanol–water partition coefficient (Wildman–Crippen LogP) is 5.04. The summed E-state index contributed by atoms with van der Waals surface area (Å²) in [6.07, 6.45) is 1.68. The van der Waals surface area contributed by atoms with E-state index in [0.29, 0.717) is 39.2 Å². The summed E-state index contributed by atoms with van der Waals surface area (Å²) in [5.74, 6) is -0.393. The van der Waals surface area contributed by atoms with Gasteiger partial charge in [0.05, 0.1) is 16.8 Å². The number of hydrogen-bond donors (Lipinski definition) is 1. The topological polar surface area (TPSA) is 78.8 Å². The van der Waals surface area contributed by atoms with Gasteiger partial charge in [-0.3, -0.25) is 0 Å². The molecule has 1 aliphatic heterocycles. The van der Waals surface area contributed by atoms with Crippen LogP contribution in [0.5, 0.6) is 0 Å². The Hall–Kier alpha value is -3.89. The van der Waals surface area contributed by atoms with Crippen molar-refractivity contribution in [3.05, 3.63) is 77.9 Å². The highest BCUT2D eigenvalue weighted by Gasteiger charge is 2.21. The molecule has 7 heteroatoms. The Morgan fingerprint density at radius 1 is 0.909 bits per heavy atom. The van der Waals surface area contributed by atoms with Crippen molar-refractivity contribution in [1.82, 2.24) is 9.97 Å². The molecule has 5 nitrogen and oxygen atoms in total. The van der Waals surface area contributed by atoms with Crippen molar-refractivity contribution in [3.8, 4) is 28.5 Å². The lowest BCUT2D eigenvalue weighted by Crippen LogP contribution is -2.40. The fourth-order valence-electron chi connectivity index (χ4n) is 4.19. The quantitative estimate of drug-likeness (QED) is 0.482. The Balaban J connectivity index is 1.70. The third kappa shape index (κ3) is 4.01. The summed E-state index contributed by atoms with van der Waals surface area (Å²) < 4.78 is 28.9. The molecule has 3 aromatic carbocycles. The SMILES string of the molecule is N#Cc1ccc(-c2nc(N3CCC(N)CC3)nc3ccc(-c4ccccc4F)cc23)cc1F. The number of benzene rings is 3. The first-order chi connectivity index (χ1) is 16.0. The molecule has 1 fully saturated rings. The van der Waals surface area contributed by atoms with Crippen molar-refractivity contribution in [2.24, 2.45) is 5.73 Å². The van der Waals surface area contributed by atoms with Crippen LogP contribution in [0.15, 0.2) is 60.7 Å². The average molecular weight is 441 g/mol. The van der Waals surface area contributed by atoms with E-state index in [4.69, 9.17) is 21.0 Å². The number of nitrogens with zero attached hydrogens (tertiary/aromatic N) is 4. The van der Waals surface area contributed by atoms with Crippen molar-refractivity contribution < 1.29 is 8.78 Å². The minimum absolute atomic E-state index is 0.0330. The number of halogens is 2. The van der Waals surface area contributed by atoms with Gasteiger partial charge in [0.2, 0.25) is 5.95 Å². The van der Waals surface area contributed by atoms with E-state index in [-0.39, 0.29) is 17.4 Å². The molecule has 33 heavy (non-hydrogen) atoms. The van der Waals surface area contributed by atoms with Crippen LogP contribution in [0, 0.1) is 23.0 Å². The third-order valence-corrected chi connectivity index (χ3v) is 6.05. The number of rotatable bonds is 3. The molecule has 1 saturated heterocycles. The van der Waals surface area contributed by atoms with Gasteiger partial charge in [0.1, 0.15) is 17.7 Å². The maximum absolute atomic E-state index is 14.5. The van der Waals surface area contributed by atoms with Crippen LogP contribution in [0.1, 0.15) is 18.4 Å². The van der Waals surface area contributed by atoms with Gasteiger partial charge in [-0.05, 0) is 48.7 Å². The van der Waals surface area contributed by atoms with Crippen LogP contribution in [0.25, 0.3) is 33.3 Å². The number of hydrogen-bond acceptors (Lipinski definition) is 5. The number of nitriles is 1. The van der Waals surface area contributed by atoms with Gasteiger partial charge in [-0.15, -0.1) is 0 Å². The monoisotopic (exact) mass is 441 g/mol. The summed E-state index contributed by atoms with van der Waals surface area (Å²) in [5, 5.41) is 9.79. The van der Waals surface area contributed by atoms with E-state index in [2.05, 4.69) is 4.90 Å². The zero-order valence-corrected chi connectivity index (χ0v) is 17.8. The molecule has 164 valence electrons. The molecule has 1 aromatic heterocycles. The minimum atomic E-state index is -0.613. The van der Waals surface area contributed by atoms with Gasteiger partial charge in [-0.25, -0.2) is 18.7 Å². The normalized spacial score (nSPS) is 14.4. The van der Waals surface area contributed by atoms with Crippen LogP contribution in [0.2, 0.25) is 0 Å². The summed E-state index contributed by atoms with van der Waals surface area (Å²) >= 11 is 0. The second-order valence-electron chi connectivity index (χ2n) is 8.21. The summed E-state index contributed by atoms with van der Waals surface area (Å²) in [7, 11) is 0. The van der Waals surface area contributed by atoms with Crippen molar-refractivity contribution >= 4 is 16.9 Å². The van der Waals surface area contributed by atoms with Crippen molar-refractivity contribution in [1.29, 1.82) is 5.26 Å². The number of piperidine rings is 1. The van der Waals surface area contributed by atoms with Crippen LogP contribution >= 0.6 is 0 Å². The van der Waals surface area contributed by atoms with Gasteiger partial charge in [0.15, 0.2) is 0 Å². The van der Waals surface area contributed by atoms with Crippen molar-refractivity contribution in [2.45, 2.75) is 18.9 Å². The highest BCUT2D eigenvalue weighted by molar-refractivity contribution is 5.96. The van der Waals surface area contributed by atoms with E-state index >= 15 is 0 Å². The Kier molecular flexibility index (Phi) is 5.45. The highest BCUT2D eigenvalue weighted by atomic mass is 19.1. The van der Waals surface area contributed by atoms with Gasteiger partial charge >= 0.3 is 0 Å². The molecule has 2 N–H and O–H groups in total. The number of aromatic nitrogens is 2. The molecule has 0 radical (unpaired) electrons.